The molecule has 0 saturated carbocycles. The first-order valence-corrected chi connectivity index (χ1v) is 9.18. The minimum absolute atomic E-state index is 0.152. The fourth-order valence-corrected chi connectivity index (χ4v) is 4.56. The van der Waals surface area contributed by atoms with Crippen LogP contribution in [-0.2, 0) is 26.0 Å². The highest BCUT2D eigenvalue weighted by atomic mass is 32.2. The van der Waals surface area contributed by atoms with Crippen molar-refractivity contribution in [2.24, 2.45) is 5.92 Å². The topological polar surface area (TPSA) is 84.0 Å². The number of imide groups is 1. The van der Waals surface area contributed by atoms with E-state index in [9.17, 15) is 18.0 Å². The van der Waals surface area contributed by atoms with Crippen LogP contribution in [0.5, 0.6) is 0 Å². The molecule has 0 aromatic heterocycles. The molecule has 8 heteroatoms. The summed E-state index contributed by atoms with van der Waals surface area (Å²) < 4.78 is 30.6. The monoisotopic (exact) mass is 338 g/mol. The van der Waals surface area contributed by atoms with Gasteiger partial charge in [-0.25, -0.2) is 18.1 Å². The predicted molar refractivity (Wildman–Crippen MR) is 83.5 cm³/mol. The molecule has 0 radical (unpaired) electrons. The van der Waals surface area contributed by atoms with Gasteiger partial charge in [-0.05, 0) is 25.0 Å². The van der Waals surface area contributed by atoms with Crippen LogP contribution in [0, 0.1) is 5.92 Å². The van der Waals surface area contributed by atoms with E-state index in [0.717, 1.165) is 16.7 Å². The summed E-state index contributed by atoms with van der Waals surface area (Å²) in [5.74, 6) is -0.568. The number of carbonyl (C=O) groups is 2. The van der Waals surface area contributed by atoms with E-state index in [-0.39, 0.29) is 31.0 Å². The summed E-state index contributed by atoms with van der Waals surface area (Å²) in [5.41, 5.74) is 1.55. The highest BCUT2D eigenvalue weighted by molar-refractivity contribution is 7.92. The number of rotatable bonds is 3. The average molecular weight is 338 g/mol. The van der Waals surface area contributed by atoms with E-state index in [0.29, 0.717) is 12.1 Å². The van der Waals surface area contributed by atoms with Gasteiger partial charge in [-0.2, -0.15) is 0 Å². The molecule has 2 heterocycles. The first kappa shape index (κ1) is 15.8. The van der Waals surface area contributed by atoms with Crippen LogP contribution in [0.3, 0.4) is 0 Å². The molecule has 0 spiro atoms. The van der Waals surface area contributed by atoms with Crippen molar-refractivity contribution in [3.05, 3.63) is 29.8 Å². The number of benzene rings is 1. The second-order valence-electron chi connectivity index (χ2n) is 5.95. The predicted octanol–water partition coefficient (Wildman–Crippen LogP) is 0.992. The number of sulfonamides is 1. The van der Waals surface area contributed by atoms with E-state index >= 15 is 0 Å². The molecule has 0 aliphatic carbocycles. The van der Waals surface area contributed by atoms with Gasteiger partial charge in [0.25, 0.3) is 5.91 Å². The van der Waals surface area contributed by atoms with Crippen molar-refractivity contribution >= 4 is 27.7 Å². The Morgan fingerprint density at radius 1 is 1.26 bits per heavy atom. The molecule has 2 aliphatic heterocycles. The van der Waals surface area contributed by atoms with Crippen molar-refractivity contribution in [1.82, 2.24) is 4.90 Å². The van der Waals surface area contributed by atoms with Gasteiger partial charge in [-0.1, -0.05) is 18.2 Å². The summed E-state index contributed by atoms with van der Waals surface area (Å²) in [6.07, 6.45) is 1.10. The van der Waals surface area contributed by atoms with Crippen LogP contribution < -0.4 is 4.31 Å². The highest BCUT2D eigenvalue weighted by Gasteiger charge is 2.40. The summed E-state index contributed by atoms with van der Waals surface area (Å²) in [6.45, 7) is 1.71. The summed E-state index contributed by atoms with van der Waals surface area (Å²) in [4.78, 5) is 24.4. The smallest absolute Gasteiger partial charge is 0.417 e. The summed E-state index contributed by atoms with van der Waals surface area (Å²) >= 11 is 0. The minimum Gasteiger partial charge on any atom is -0.439 e. The van der Waals surface area contributed by atoms with Crippen molar-refractivity contribution in [3.63, 3.8) is 0 Å². The highest BCUT2D eigenvalue weighted by Crippen LogP contribution is 2.36. The summed E-state index contributed by atoms with van der Waals surface area (Å²) in [5, 5.41) is 0. The van der Waals surface area contributed by atoms with Gasteiger partial charge in [-0.3, -0.25) is 9.10 Å². The maximum atomic E-state index is 12.2. The molecule has 124 valence electrons. The van der Waals surface area contributed by atoms with Gasteiger partial charge in [0.1, 0.15) is 0 Å². The van der Waals surface area contributed by atoms with Gasteiger partial charge in [0.2, 0.25) is 10.0 Å². The lowest BCUT2D eigenvalue weighted by Gasteiger charge is -2.41. The Labute approximate surface area is 134 Å². The Morgan fingerprint density at radius 3 is 2.57 bits per heavy atom. The molecule has 1 aromatic carbocycles. The van der Waals surface area contributed by atoms with E-state index in [2.05, 4.69) is 0 Å². The largest absolute Gasteiger partial charge is 0.439 e. The van der Waals surface area contributed by atoms with Crippen LogP contribution in [0.2, 0.25) is 0 Å². The lowest BCUT2D eigenvalue weighted by atomic mass is 9.87. The van der Waals surface area contributed by atoms with Crippen molar-refractivity contribution in [3.8, 4) is 0 Å². The number of hydrogen-bond donors (Lipinski definition) is 0. The van der Waals surface area contributed by atoms with E-state index in [1.807, 2.05) is 12.1 Å². The molecule has 1 aromatic rings. The lowest BCUT2D eigenvalue weighted by molar-refractivity contribution is -0.126. The standard InChI is InChI=1S/C15H18N2O5S/c1-10-12(8-16-14(18)9-22-15(16)19)7-11-5-3-4-6-13(11)17(10)23(2,20)21/h3-6,10,12H,7-9H2,1-2H3/t10-,12+/m1/s1. The van der Waals surface area contributed by atoms with Gasteiger partial charge < -0.3 is 4.74 Å². The quantitative estimate of drug-likeness (QED) is 0.821. The van der Waals surface area contributed by atoms with E-state index in [4.69, 9.17) is 4.74 Å². The number of anilines is 1. The molecule has 1 fully saturated rings. The first-order valence-electron chi connectivity index (χ1n) is 7.33. The molecule has 2 atom stereocenters. The third kappa shape index (κ3) is 2.78. The Bertz CT molecular complexity index is 745. The molecule has 2 aliphatic rings. The fraction of sp³-hybridized carbons (Fsp3) is 0.467. The minimum atomic E-state index is -3.47. The van der Waals surface area contributed by atoms with Crippen molar-refractivity contribution in [1.29, 1.82) is 0 Å². The van der Waals surface area contributed by atoms with Crippen molar-refractivity contribution < 1.29 is 22.7 Å². The van der Waals surface area contributed by atoms with Gasteiger partial charge in [0, 0.05) is 18.5 Å². The van der Waals surface area contributed by atoms with Gasteiger partial charge in [0.05, 0.1) is 11.9 Å². The SMILES string of the molecule is C[C@@H]1[C@H](CN2C(=O)COC2=O)Cc2ccccc2N1S(C)(=O)=O. The van der Waals surface area contributed by atoms with Crippen LogP contribution in [0.25, 0.3) is 0 Å². The number of ether oxygens (including phenoxy) is 1. The van der Waals surface area contributed by atoms with Crippen LogP contribution in [0.4, 0.5) is 10.5 Å². The Kier molecular flexibility index (Phi) is 3.79. The Hall–Kier alpha value is -2.09. The van der Waals surface area contributed by atoms with Crippen LogP contribution in [0.15, 0.2) is 24.3 Å². The van der Waals surface area contributed by atoms with Crippen molar-refractivity contribution in [2.45, 2.75) is 19.4 Å². The van der Waals surface area contributed by atoms with Gasteiger partial charge in [-0.15, -0.1) is 0 Å². The Balaban J connectivity index is 1.95. The summed E-state index contributed by atoms with van der Waals surface area (Å²) in [7, 11) is -3.47. The zero-order chi connectivity index (χ0) is 16.8. The maximum Gasteiger partial charge on any atom is 0.417 e. The van der Waals surface area contributed by atoms with E-state index < -0.39 is 16.1 Å². The van der Waals surface area contributed by atoms with Crippen LogP contribution >= 0.6 is 0 Å². The number of fused-ring (bicyclic) bond motifs is 1. The molecular formula is C15H18N2O5S. The molecule has 3 rings (SSSR count). The molecular weight excluding hydrogens is 320 g/mol. The second-order valence-corrected chi connectivity index (χ2v) is 7.81. The normalized spacial score (nSPS) is 24.6. The zero-order valence-corrected chi connectivity index (χ0v) is 13.7. The molecule has 2 amide bonds. The van der Waals surface area contributed by atoms with Crippen LogP contribution in [-0.4, -0.2) is 50.8 Å². The lowest BCUT2D eigenvalue weighted by Crippen LogP contribution is -2.50. The van der Waals surface area contributed by atoms with E-state index in [1.54, 1.807) is 19.1 Å². The summed E-state index contributed by atoms with van der Waals surface area (Å²) in [6, 6.07) is 6.93. The fourth-order valence-electron chi connectivity index (χ4n) is 3.25. The first-order chi connectivity index (χ1) is 10.8. The van der Waals surface area contributed by atoms with Gasteiger partial charge in [0.15, 0.2) is 6.61 Å². The zero-order valence-electron chi connectivity index (χ0n) is 12.9. The number of cyclic esters (lactones) is 1. The van der Waals surface area contributed by atoms with Crippen LogP contribution in [0.1, 0.15) is 12.5 Å². The third-order valence-corrected chi connectivity index (χ3v) is 5.62. The number of para-hydroxylation sites is 1. The maximum absolute atomic E-state index is 12.2. The average Bonchev–Trinajstić information content (AvgIpc) is 2.78. The number of hydrogen-bond acceptors (Lipinski definition) is 5. The number of nitrogens with zero attached hydrogens (tertiary/aromatic N) is 2. The number of amides is 2. The third-order valence-electron chi connectivity index (χ3n) is 4.38. The molecule has 0 unspecified atom stereocenters. The van der Waals surface area contributed by atoms with Gasteiger partial charge >= 0.3 is 6.09 Å². The molecule has 23 heavy (non-hydrogen) atoms. The second kappa shape index (κ2) is 5.52. The number of carbonyl (C=O) groups excluding carboxylic acids is 2. The van der Waals surface area contributed by atoms with Crippen molar-refractivity contribution in [2.75, 3.05) is 23.7 Å². The Morgan fingerprint density at radius 2 is 1.96 bits per heavy atom. The molecule has 7 nitrogen and oxygen atoms in total. The van der Waals surface area contributed by atoms with E-state index in [1.165, 1.54) is 4.31 Å². The molecule has 0 bridgehead atoms. The molecule has 0 N–H and O–H groups in total. The molecule has 1 saturated heterocycles.